The first-order valence-electron chi connectivity index (χ1n) is 12.1. The molecule has 0 N–H and O–H groups in total. The van der Waals surface area contributed by atoms with Crippen molar-refractivity contribution in [1.29, 1.82) is 0 Å². The van der Waals surface area contributed by atoms with Gasteiger partial charge in [-0.2, -0.15) is 0 Å². The van der Waals surface area contributed by atoms with Gasteiger partial charge in [-0.3, -0.25) is 14.5 Å². The molecule has 0 bridgehead atoms. The van der Waals surface area contributed by atoms with E-state index in [1.54, 1.807) is 0 Å². The van der Waals surface area contributed by atoms with Crippen LogP contribution in [0.15, 0.2) is 100 Å². The first kappa shape index (κ1) is 23.4. The number of piperazine rings is 1. The van der Waals surface area contributed by atoms with Gasteiger partial charge in [0.05, 0.1) is 5.69 Å². The van der Waals surface area contributed by atoms with E-state index >= 15 is 0 Å². The Kier molecular flexibility index (Phi) is 7.02. The monoisotopic (exact) mass is 483 g/mol. The van der Waals surface area contributed by atoms with E-state index in [1.807, 2.05) is 60.7 Å². The molecule has 1 saturated heterocycles. The number of carbonyl (C=O) groups is 2. The van der Waals surface area contributed by atoms with Gasteiger partial charge in [0.25, 0.3) is 11.8 Å². The highest BCUT2D eigenvalue weighted by Gasteiger charge is 2.43. The third kappa shape index (κ3) is 5.04. The molecule has 3 aromatic carbocycles. The minimum atomic E-state index is -0.241. The van der Waals surface area contributed by atoms with Crippen molar-refractivity contribution in [3.63, 3.8) is 0 Å². The van der Waals surface area contributed by atoms with Crippen LogP contribution in [-0.4, -0.2) is 47.8 Å². The maximum atomic E-state index is 13.7. The largest absolute Gasteiger partial charge is 0.363 e. The molecule has 2 aliphatic rings. The van der Waals surface area contributed by atoms with Crippen LogP contribution in [0.2, 0.25) is 0 Å². The third-order valence-electron chi connectivity index (χ3n) is 6.52. The van der Waals surface area contributed by atoms with E-state index in [-0.39, 0.29) is 11.8 Å². The molecule has 2 aliphatic heterocycles. The second-order valence-corrected chi connectivity index (χ2v) is 9.89. The second kappa shape index (κ2) is 10.5. The van der Waals surface area contributed by atoms with Crippen molar-refractivity contribution < 1.29 is 9.59 Å². The maximum Gasteiger partial charge on any atom is 0.283 e. The quantitative estimate of drug-likeness (QED) is 0.445. The highest BCUT2D eigenvalue weighted by Crippen LogP contribution is 2.39. The van der Waals surface area contributed by atoms with Gasteiger partial charge in [-0.05, 0) is 41.8 Å². The molecule has 0 radical (unpaired) electrons. The number of benzene rings is 3. The summed E-state index contributed by atoms with van der Waals surface area (Å²) in [6, 6.07) is 28.0. The SMILES string of the molecule is CCc1ccc(N2C(=O)C(Sc3ccccc3)=C(N3CCN(Cc4ccccc4)CC3)C2=O)cc1. The molecule has 3 aromatic rings. The van der Waals surface area contributed by atoms with Crippen molar-refractivity contribution in [1.82, 2.24) is 9.80 Å². The van der Waals surface area contributed by atoms with Crippen LogP contribution < -0.4 is 4.90 Å². The molecule has 1 fully saturated rings. The molecule has 0 saturated carbocycles. The van der Waals surface area contributed by atoms with E-state index < -0.39 is 0 Å². The fourth-order valence-corrected chi connectivity index (χ4v) is 5.58. The molecule has 0 aromatic heterocycles. The van der Waals surface area contributed by atoms with Crippen LogP contribution in [0.5, 0.6) is 0 Å². The maximum absolute atomic E-state index is 13.7. The first-order valence-corrected chi connectivity index (χ1v) is 12.9. The zero-order valence-electron chi connectivity index (χ0n) is 19.9. The normalized spacial score (nSPS) is 16.9. The lowest BCUT2D eigenvalue weighted by molar-refractivity contribution is -0.121. The summed E-state index contributed by atoms with van der Waals surface area (Å²) in [6.07, 6.45) is 0.911. The molecule has 2 heterocycles. The molecule has 0 aliphatic carbocycles. The zero-order valence-corrected chi connectivity index (χ0v) is 20.7. The average molecular weight is 484 g/mol. The molecule has 35 heavy (non-hydrogen) atoms. The van der Waals surface area contributed by atoms with Gasteiger partial charge in [0.2, 0.25) is 0 Å². The molecular weight excluding hydrogens is 454 g/mol. The number of hydrogen-bond acceptors (Lipinski definition) is 5. The number of nitrogens with zero attached hydrogens (tertiary/aromatic N) is 3. The highest BCUT2D eigenvalue weighted by molar-refractivity contribution is 8.04. The number of hydrogen-bond donors (Lipinski definition) is 0. The van der Waals surface area contributed by atoms with E-state index in [0.29, 0.717) is 29.4 Å². The van der Waals surface area contributed by atoms with Crippen LogP contribution in [-0.2, 0) is 22.6 Å². The van der Waals surface area contributed by atoms with E-state index in [1.165, 1.54) is 27.8 Å². The van der Waals surface area contributed by atoms with Crippen molar-refractivity contribution >= 4 is 29.3 Å². The molecule has 6 heteroatoms. The van der Waals surface area contributed by atoms with E-state index in [4.69, 9.17) is 0 Å². The number of amides is 2. The molecular formula is C29H29N3O2S. The molecule has 0 spiro atoms. The van der Waals surface area contributed by atoms with E-state index in [0.717, 1.165) is 31.0 Å². The van der Waals surface area contributed by atoms with Crippen molar-refractivity contribution in [3.8, 4) is 0 Å². The summed E-state index contributed by atoms with van der Waals surface area (Å²) in [6.45, 7) is 6.09. The van der Waals surface area contributed by atoms with Gasteiger partial charge >= 0.3 is 0 Å². The minimum Gasteiger partial charge on any atom is -0.363 e. The third-order valence-corrected chi connectivity index (χ3v) is 7.60. The van der Waals surface area contributed by atoms with Crippen LogP contribution in [0.3, 0.4) is 0 Å². The predicted molar refractivity (Wildman–Crippen MR) is 141 cm³/mol. The number of aryl methyl sites for hydroxylation is 1. The molecule has 178 valence electrons. The standard InChI is InChI=1S/C29H29N3O2S/c1-2-22-13-15-24(16-14-22)32-28(33)26(27(29(32)34)35-25-11-7-4-8-12-25)31-19-17-30(18-20-31)21-23-9-5-3-6-10-23/h3-16H,2,17-21H2,1H3. The molecule has 5 nitrogen and oxygen atoms in total. The fraction of sp³-hybridized carbons (Fsp3) is 0.241. The summed E-state index contributed by atoms with van der Waals surface area (Å²) in [5.41, 5.74) is 3.62. The van der Waals surface area contributed by atoms with Crippen molar-refractivity contribution in [2.45, 2.75) is 24.8 Å². The summed E-state index contributed by atoms with van der Waals surface area (Å²) < 4.78 is 0. The topological polar surface area (TPSA) is 43.9 Å². The molecule has 5 rings (SSSR count). The van der Waals surface area contributed by atoms with E-state index in [2.05, 4.69) is 41.0 Å². The number of anilines is 1. The lowest BCUT2D eigenvalue weighted by atomic mass is 10.1. The predicted octanol–water partition coefficient (Wildman–Crippen LogP) is 4.94. The first-order chi connectivity index (χ1) is 17.1. The number of carbonyl (C=O) groups excluding carboxylic acids is 2. The van der Waals surface area contributed by atoms with Crippen molar-refractivity contribution in [3.05, 3.63) is 107 Å². The van der Waals surface area contributed by atoms with Crippen molar-refractivity contribution in [2.24, 2.45) is 0 Å². The highest BCUT2D eigenvalue weighted by atomic mass is 32.2. The molecule has 0 unspecified atom stereocenters. The summed E-state index contributed by atoms with van der Waals surface area (Å²) in [4.78, 5) is 34.7. The summed E-state index contributed by atoms with van der Waals surface area (Å²) in [5.74, 6) is -0.469. The lowest BCUT2D eigenvalue weighted by Gasteiger charge is -2.36. The van der Waals surface area contributed by atoms with Gasteiger partial charge in [0, 0.05) is 37.6 Å². The minimum absolute atomic E-state index is 0.228. The zero-order chi connectivity index (χ0) is 24.2. The Morgan fingerprint density at radius 3 is 1.97 bits per heavy atom. The van der Waals surface area contributed by atoms with Gasteiger partial charge in [-0.25, -0.2) is 4.90 Å². The van der Waals surface area contributed by atoms with Gasteiger partial charge in [-0.1, -0.05) is 79.3 Å². The van der Waals surface area contributed by atoms with Gasteiger partial charge in [0.15, 0.2) is 0 Å². The summed E-state index contributed by atoms with van der Waals surface area (Å²) in [7, 11) is 0. The second-order valence-electron chi connectivity index (χ2n) is 8.81. The Hall–Kier alpha value is -3.35. The Labute approximate surface area is 211 Å². The summed E-state index contributed by atoms with van der Waals surface area (Å²) >= 11 is 1.39. The molecule has 0 atom stereocenters. The number of imide groups is 1. The average Bonchev–Trinajstić information content (AvgIpc) is 3.14. The van der Waals surface area contributed by atoms with Gasteiger partial charge in [0.1, 0.15) is 10.6 Å². The van der Waals surface area contributed by atoms with Crippen LogP contribution >= 0.6 is 11.8 Å². The molecule has 2 amide bonds. The van der Waals surface area contributed by atoms with Gasteiger partial charge < -0.3 is 4.90 Å². The number of rotatable bonds is 7. The fourth-order valence-electron chi connectivity index (χ4n) is 4.56. The smallest absolute Gasteiger partial charge is 0.283 e. The Morgan fingerprint density at radius 2 is 1.34 bits per heavy atom. The lowest BCUT2D eigenvalue weighted by Crippen LogP contribution is -2.47. The van der Waals surface area contributed by atoms with Crippen molar-refractivity contribution in [2.75, 3.05) is 31.1 Å². The summed E-state index contributed by atoms with van der Waals surface area (Å²) in [5, 5.41) is 0. The van der Waals surface area contributed by atoms with Crippen LogP contribution in [0.4, 0.5) is 5.69 Å². The Morgan fingerprint density at radius 1 is 0.714 bits per heavy atom. The number of thioether (sulfide) groups is 1. The van der Waals surface area contributed by atoms with Gasteiger partial charge in [-0.15, -0.1) is 0 Å². The Balaban J connectivity index is 1.39. The van der Waals surface area contributed by atoms with Crippen LogP contribution in [0, 0.1) is 0 Å². The Bertz CT molecular complexity index is 1220. The van der Waals surface area contributed by atoms with Crippen LogP contribution in [0.1, 0.15) is 18.1 Å². The van der Waals surface area contributed by atoms with Crippen LogP contribution in [0.25, 0.3) is 0 Å². The van der Waals surface area contributed by atoms with E-state index in [9.17, 15) is 9.59 Å².